The Morgan fingerprint density at radius 3 is 2.64 bits per heavy atom. The molecule has 2 heterocycles. The number of aromatic nitrogens is 1. The van der Waals surface area contributed by atoms with Gasteiger partial charge in [0.1, 0.15) is 0 Å². The molecule has 6 nitrogen and oxygen atoms in total. The highest BCUT2D eigenvalue weighted by Gasteiger charge is 2.34. The summed E-state index contributed by atoms with van der Waals surface area (Å²) in [6.45, 7) is 0.853. The van der Waals surface area contributed by atoms with Crippen LogP contribution in [0.3, 0.4) is 0 Å². The van der Waals surface area contributed by atoms with E-state index in [2.05, 4.69) is 4.98 Å². The minimum Gasteiger partial charge on any atom is -0.478 e. The molecule has 1 aliphatic rings. The van der Waals surface area contributed by atoms with Crippen molar-refractivity contribution in [1.82, 2.24) is 9.88 Å². The first-order chi connectivity index (χ1) is 13.5. The van der Waals surface area contributed by atoms with Crippen molar-refractivity contribution in [3.8, 4) is 0 Å². The van der Waals surface area contributed by atoms with Gasteiger partial charge in [0.05, 0.1) is 11.6 Å². The van der Waals surface area contributed by atoms with Crippen LogP contribution in [0.1, 0.15) is 39.6 Å². The summed E-state index contributed by atoms with van der Waals surface area (Å²) in [5.74, 6) is -0.996. The average Bonchev–Trinajstić information content (AvgIpc) is 3.05. The summed E-state index contributed by atoms with van der Waals surface area (Å²) in [5.41, 5.74) is 9.73. The number of hydrogen-bond acceptors (Lipinski definition) is 3. The van der Waals surface area contributed by atoms with Crippen molar-refractivity contribution in [3.63, 3.8) is 0 Å². The number of aromatic amines is 1. The minimum atomic E-state index is -0.979. The monoisotopic (exact) mass is 397 g/mol. The van der Waals surface area contributed by atoms with Gasteiger partial charge in [-0.2, -0.15) is 0 Å². The number of amides is 1. The number of carbonyl (C=O) groups is 2. The second-order valence-corrected chi connectivity index (χ2v) is 7.35. The standard InChI is InChI=1S/C21H20ClN3O3/c22-14-5-6-17-16(11-14)15-8-10-25(18(26)7-9-23)20(19(15)24-17)12-1-3-13(4-2-12)21(27)28/h1-6,11,20,24H,7-10,23H2,(H,27,28). The normalized spacial score (nSPS) is 16.2. The van der Waals surface area contributed by atoms with Crippen molar-refractivity contribution in [3.05, 3.63) is 69.9 Å². The van der Waals surface area contributed by atoms with Crippen LogP contribution in [0.25, 0.3) is 10.9 Å². The summed E-state index contributed by atoms with van der Waals surface area (Å²) in [5, 5.41) is 10.9. The number of halogens is 1. The van der Waals surface area contributed by atoms with Gasteiger partial charge in [-0.25, -0.2) is 4.79 Å². The van der Waals surface area contributed by atoms with Crippen LogP contribution in [0.4, 0.5) is 0 Å². The molecule has 4 rings (SSSR count). The van der Waals surface area contributed by atoms with E-state index in [-0.39, 0.29) is 30.5 Å². The van der Waals surface area contributed by atoms with Crippen molar-refractivity contribution < 1.29 is 14.7 Å². The van der Waals surface area contributed by atoms with E-state index in [0.29, 0.717) is 11.6 Å². The number of aromatic carboxylic acids is 1. The fraction of sp³-hybridized carbons (Fsp3) is 0.238. The van der Waals surface area contributed by atoms with Gasteiger partial charge in [-0.15, -0.1) is 0 Å². The Bertz CT molecular complexity index is 1060. The van der Waals surface area contributed by atoms with Gasteiger partial charge in [0, 0.05) is 41.1 Å². The molecule has 7 heteroatoms. The number of nitrogens with zero attached hydrogens (tertiary/aromatic N) is 1. The molecule has 1 unspecified atom stereocenters. The zero-order chi connectivity index (χ0) is 19.8. The minimum absolute atomic E-state index is 0.0165. The molecule has 0 spiro atoms. The number of carbonyl (C=O) groups excluding carboxylic acids is 1. The van der Waals surface area contributed by atoms with Crippen LogP contribution in [0.15, 0.2) is 42.5 Å². The number of rotatable bonds is 4. The smallest absolute Gasteiger partial charge is 0.335 e. The lowest BCUT2D eigenvalue weighted by atomic mass is 9.91. The summed E-state index contributed by atoms with van der Waals surface area (Å²) >= 11 is 6.19. The molecular formula is C21H20ClN3O3. The van der Waals surface area contributed by atoms with Gasteiger partial charge in [-0.3, -0.25) is 4.79 Å². The van der Waals surface area contributed by atoms with Gasteiger partial charge < -0.3 is 20.7 Å². The summed E-state index contributed by atoms with van der Waals surface area (Å²) < 4.78 is 0. The van der Waals surface area contributed by atoms with Crippen molar-refractivity contribution in [2.24, 2.45) is 5.73 Å². The van der Waals surface area contributed by atoms with Gasteiger partial charge in [-0.1, -0.05) is 23.7 Å². The van der Waals surface area contributed by atoms with Gasteiger partial charge in [-0.05, 0) is 47.9 Å². The lowest BCUT2D eigenvalue weighted by Crippen LogP contribution is -2.41. The number of fused-ring (bicyclic) bond motifs is 3. The predicted molar refractivity (Wildman–Crippen MR) is 108 cm³/mol. The maximum absolute atomic E-state index is 12.8. The molecule has 3 aromatic rings. The Hall–Kier alpha value is -2.83. The van der Waals surface area contributed by atoms with Crippen LogP contribution in [0, 0.1) is 0 Å². The summed E-state index contributed by atoms with van der Waals surface area (Å²) in [6, 6.07) is 12.1. The van der Waals surface area contributed by atoms with Gasteiger partial charge in [0.25, 0.3) is 0 Å². The fourth-order valence-electron chi connectivity index (χ4n) is 3.95. The van der Waals surface area contributed by atoms with Crippen molar-refractivity contribution >= 4 is 34.4 Å². The molecule has 0 saturated carbocycles. The summed E-state index contributed by atoms with van der Waals surface area (Å²) in [4.78, 5) is 29.2. The van der Waals surface area contributed by atoms with E-state index in [1.54, 1.807) is 24.3 Å². The maximum Gasteiger partial charge on any atom is 0.335 e. The highest BCUT2D eigenvalue weighted by Crippen LogP contribution is 2.39. The van der Waals surface area contributed by atoms with Crippen molar-refractivity contribution in [1.29, 1.82) is 0 Å². The van der Waals surface area contributed by atoms with Crippen LogP contribution in [-0.4, -0.2) is 40.0 Å². The fourth-order valence-corrected chi connectivity index (χ4v) is 4.12. The summed E-state index contributed by atoms with van der Waals surface area (Å²) in [6.07, 6.45) is 0.987. The molecule has 1 aliphatic heterocycles. The number of carboxylic acids is 1. The number of hydrogen-bond donors (Lipinski definition) is 3. The Morgan fingerprint density at radius 1 is 1.21 bits per heavy atom. The van der Waals surface area contributed by atoms with Crippen molar-refractivity contribution in [2.45, 2.75) is 18.9 Å². The third-order valence-corrected chi connectivity index (χ3v) is 5.48. The van der Waals surface area contributed by atoms with Gasteiger partial charge >= 0.3 is 5.97 Å². The first kappa shape index (κ1) is 18.5. The van der Waals surface area contributed by atoms with E-state index in [9.17, 15) is 14.7 Å². The third kappa shape index (κ3) is 3.15. The molecule has 0 radical (unpaired) electrons. The molecule has 1 amide bonds. The number of carboxylic acid groups (broad SMARTS) is 1. The molecule has 1 aromatic heterocycles. The van der Waals surface area contributed by atoms with Gasteiger partial charge in [0.15, 0.2) is 0 Å². The Labute approximate surface area is 166 Å². The highest BCUT2D eigenvalue weighted by molar-refractivity contribution is 6.31. The lowest BCUT2D eigenvalue weighted by molar-refractivity contribution is -0.133. The van der Waals surface area contributed by atoms with E-state index in [1.807, 2.05) is 23.1 Å². The predicted octanol–water partition coefficient (Wildman–Crippen LogP) is 3.34. The van der Waals surface area contributed by atoms with Crippen LogP contribution in [0.2, 0.25) is 5.02 Å². The Kier molecular flexibility index (Phi) is 4.83. The van der Waals surface area contributed by atoms with Crippen LogP contribution in [0.5, 0.6) is 0 Å². The zero-order valence-corrected chi connectivity index (χ0v) is 15.9. The molecule has 2 aromatic carbocycles. The zero-order valence-electron chi connectivity index (χ0n) is 15.1. The second-order valence-electron chi connectivity index (χ2n) is 6.91. The van der Waals surface area contributed by atoms with Crippen LogP contribution in [-0.2, 0) is 11.2 Å². The van der Waals surface area contributed by atoms with E-state index >= 15 is 0 Å². The molecule has 0 aliphatic carbocycles. The summed E-state index contributed by atoms with van der Waals surface area (Å²) in [7, 11) is 0. The molecule has 0 bridgehead atoms. The third-order valence-electron chi connectivity index (χ3n) is 5.24. The average molecular weight is 398 g/mol. The van der Waals surface area contributed by atoms with Gasteiger partial charge in [0.2, 0.25) is 5.91 Å². The largest absolute Gasteiger partial charge is 0.478 e. The lowest BCUT2D eigenvalue weighted by Gasteiger charge is -2.36. The number of nitrogens with two attached hydrogens (primary N) is 1. The Morgan fingerprint density at radius 2 is 1.96 bits per heavy atom. The van der Waals surface area contributed by atoms with Crippen molar-refractivity contribution in [2.75, 3.05) is 13.1 Å². The molecule has 1 atom stereocenters. The second kappa shape index (κ2) is 7.30. The SMILES string of the molecule is NCCC(=O)N1CCc2c([nH]c3ccc(Cl)cc23)C1c1ccc(C(=O)O)cc1. The number of nitrogens with one attached hydrogen (secondary N) is 1. The molecular weight excluding hydrogens is 378 g/mol. The molecule has 144 valence electrons. The molecule has 0 fully saturated rings. The molecule has 4 N–H and O–H groups in total. The van der Waals surface area contributed by atoms with Crippen LogP contribution >= 0.6 is 11.6 Å². The molecule has 0 saturated heterocycles. The number of H-pyrrole nitrogens is 1. The molecule has 28 heavy (non-hydrogen) atoms. The van der Waals surface area contributed by atoms with E-state index in [4.69, 9.17) is 17.3 Å². The first-order valence-corrected chi connectivity index (χ1v) is 9.50. The van der Waals surface area contributed by atoms with E-state index < -0.39 is 5.97 Å². The van der Waals surface area contributed by atoms with E-state index in [0.717, 1.165) is 34.1 Å². The number of benzene rings is 2. The maximum atomic E-state index is 12.8. The Balaban J connectivity index is 1.86. The topological polar surface area (TPSA) is 99.4 Å². The van der Waals surface area contributed by atoms with Crippen LogP contribution < -0.4 is 5.73 Å². The quantitative estimate of drug-likeness (QED) is 0.628. The first-order valence-electron chi connectivity index (χ1n) is 9.12. The highest BCUT2D eigenvalue weighted by atomic mass is 35.5. The van der Waals surface area contributed by atoms with E-state index in [1.165, 1.54) is 0 Å².